The van der Waals surface area contributed by atoms with Crippen molar-refractivity contribution in [3.05, 3.63) is 54.1 Å². The van der Waals surface area contributed by atoms with Gasteiger partial charge in [-0.3, -0.25) is 9.78 Å². The van der Waals surface area contributed by atoms with Crippen molar-refractivity contribution < 1.29 is 14.3 Å². The van der Waals surface area contributed by atoms with Crippen LogP contribution in [0, 0.1) is 5.92 Å². The molecule has 0 unspecified atom stereocenters. The lowest BCUT2D eigenvalue weighted by molar-refractivity contribution is 0.00800. The number of carbonyl (C=O) groups excluding carboxylic acids is 1. The van der Waals surface area contributed by atoms with Gasteiger partial charge in [-0.05, 0) is 18.2 Å². The van der Waals surface area contributed by atoms with Gasteiger partial charge in [0, 0.05) is 18.7 Å². The quantitative estimate of drug-likeness (QED) is 0.832. The van der Waals surface area contributed by atoms with Gasteiger partial charge >= 0.3 is 0 Å². The van der Waals surface area contributed by atoms with Gasteiger partial charge in [0.1, 0.15) is 0 Å². The minimum atomic E-state index is -0.0469. The maximum Gasteiger partial charge on any atom is 0.255 e. The minimum absolute atomic E-state index is 0.0433. The number of rotatable bonds is 4. The normalized spacial score (nSPS) is 25.7. The monoisotopic (exact) mass is 326 g/mol. The molecule has 0 aromatic carbocycles. The molecule has 4 heterocycles. The Labute approximate surface area is 139 Å². The summed E-state index contributed by atoms with van der Waals surface area (Å²) in [6, 6.07) is 7.49. The highest BCUT2D eigenvalue weighted by Crippen LogP contribution is 2.33. The third-order valence-corrected chi connectivity index (χ3v) is 4.61. The Morgan fingerprint density at radius 2 is 2.21 bits per heavy atom. The van der Waals surface area contributed by atoms with Gasteiger partial charge in [-0.1, -0.05) is 6.07 Å². The lowest BCUT2D eigenvalue weighted by Crippen LogP contribution is -2.38. The van der Waals surface area contributed by atoms with Crippen LogP contribution in [0.5, 0.6) is 0 Å². The summed E-state index contributed by atoms with van der Waals surface area (Å²) < 4.78 is 11.6. The van der Waals surface area contributed by atoms with E-state index in [1.165, 1.54) is 12.4 Å². The molecule has 0 N–H and O–H groups in total. The van der Waals surface area contributed by atoms with Gasteiger partial charge < -0.3 is 14.4 Å². The van der Waals surface area contributed by atoms with Gasteiger partial charge in [-0.15, -0.1) is 0 Å². The fraction of sp³-hybridized carbons (Fsp3) is 0.412. The smallest absolute Gasteiger partial charge is 0.255 e. The molecule has 2 aliphatic rings. The first-order chi connectivity index (χ1) is 11.8. The molecule has 2 aliphatic heterocycles. The fourth-order valence-corrected chi connectivity index (χ4v) is 3.37. The Kier molecular flexibility index (Phi) is 4.18. The Morgan fingerprint density at radius 1 is 1.25 bits per heavy atom. The van der Waals surface area contributed by atoms with Crippen LogP contribution in [0.25, 0.3) is 0 Å². The summed E-state index contributed by atoms with van der Waals surface area (Å²) in [5.41, 5.74) is 1.43. The molecule has 2 aromatic rings. The Morgan fingerprint density at radius 3 is 3.00 bits per heavy atom. The first-order valence-corrected chi connectivity index (χ1v) is 8.00. The maximum atomic E-state index is 12.7. The average molecular weight is 326 g/mol. The van der Waals surface area contributed by atoms with Gasteiger partial charge in [-0.2, -0.15) is 10.2 Å². The van der Waals surface area contributed by atoms with Crippen LogP contribution in [0.15, 0.2) is 42.9 Å². The Hall–Kier alpha value is -2.38. The molecule has 1 amide bonds. The number of fused-ring (bicyclic) bond motifs is 1. The third-order valence-electron chi connectivity index (χ3n) is 4.61. The number of aromatic nitrogens is 3. The van der Waals surface area contributed by atoms with E-state index in [1.807, 2.05) is 23.1 Å². The second-order valence-corrected chi connectivity index (χ2v) is 6.03. The molecular weight excluding hydrogens is 308 g/mol. The summed E-state index contributed by atoms with van der Waals surface area (Å²) in [4.78, 5) is 18.9. The minimum Gasteiger partial charge on any atom is -0.379 e. The standard InChI is InChI=1S/C17H18N4O3/c22-17(12-4-6-19-20-7-12)21-8-16(14-10-23-11-15(14)21)24-9-13-3-1-2-5-18-13/h1-7,14-16H,8-11H2/t14-,15+,16-/m1/s1. The van der Waals surface area contributed by atoms with Crippen molar-refractivity contribution in [2.24, 2.45) is 5.92 Å². The summed E-state index contributed by atoms with van der Waals surface area (Å²) in [5.74, 6) is 0.154. The maximum absolute atomic E-state index is 12.7. The summed E-state index contributed by atoms with van der Waals surface area (Å²) in [6.07, 6.45) is 4.73. The topological polar surface area (TPSA) is 77.4 Å². The van der Waals surface area contributed by atoms with Crippen LogP contribution in [-0.4, -0.2) is 57.9 Å². The fourth-order valence-electron chi connectivity index (χ4n) is 3.37. The molecule has 0 spiro atoms. The largest absolute Gasteiger partial charge is 0.379 e. The number of likely N-dealkylation sites (tertiary alicyclic amines) is 1. The van der Waals surface area contributed by atoms with Gasteiger partial charge in [-0.25, -0.2) is 0 Å². The molecular formula is C17H18N4O3. The lowest BCUT2D eigenvalue weighted by atomic mass is 10.0. The van der Waals surface area contributed by atoms with E-state index in [2.05, 4.69) is 15.2 Å². The zero-order chi connectivity index (χ0) is 16.4. The molecule has 0 bridgehead atoms. The molecule has 24 heavy (non-hydrogen) atoms. The highest BCUT2D eigenvalue weighted by Gasteiger charge is 2.48. The van der Waals surface area contributed by atoms with Gasteiger partial charge in [0.2, 0.25) is 0 Å². The van der Waals surface area contributed by atoms with Crippen LogP contribution >= 0.6 is 0 Å². The van der Waals surface area contributed by atoms with E-state index < -0.39 is 0 Å². The molecule has 124 valence electrons. The molecule has 0 saturated carbocycles. The van der Waals surface area contributed by atoms with Crippen molar-refractivity contribution in [2.45, 2.75) is 18.8 Å². The van der Waals surface area contributed by atoms with Crippen LogP contribution < -0.4 is 0 Å². The van der Waals surface area contributed by atoms with Crippen LogP contribution in [0.4, 0.5) is 0 Å². The van der Waals surface area contributed by atoms with E-state index >= 15 is 0 Å². The number of amides is 1. The summed E-state index contributed by atoms with van der Waals surface area (Å²) in [5, 5.41) is 7.51. The second kappa shape index (κ2) is 6.62. The predicted octanol–water partition coefficient (Wildman–Crippen LogP) is 0.928. The molecule has 0 aliphatic carbocycles. The first kappa shape index (κ1) is 15.2. The lowest BCUT2D eigenvalue weighted by Gasteiger charge is -2.22. The van der Waals surface area contributed by atoms with Crippen molar-refractivity contribution in [2.75, 3.05) is 19.8 Å². The first-order valence-electron chi connectivity index (χ1n) is 8.00. The Balaban J connectivity index is 1.46. The van der Waals surface area contributed by atoms with Crippen LogP contribution in [0.3, 0.4) is 0 Å². The molecule has 3 atom stereocenters. The van der Waals surface area contributed by atoms with Crippen LogP contribution in [0.1, 0.15) is 16.1 Å². The number of nitrogens with zero attached hydrogens (tertiary/aromatic N) is 4. The summed E-state index contributed by atoms with van der Waals surface area (Å²) in [7, 11) is 0. The molecule has 7 nitrogen and oxygen atoms in total. The van der Waals surface area contributed by atoms with E-state index in [0.29, 0.717) is 31.9 Å². The second-order valence-electron chi connectivity index (χ2n) is 6.03. The van der Waals surface area contributed by atoms with Crippen molar-refractivity contribution in [1.29, 1.82) is 0 Å². The van der Waals surface area contributed by atoms with E-state index in [9.17, 15) is 4.79 Å². The van der Waals surface area contributed by atoms with E-state index in [1.54, 1.807) is 12.3 Å². The summed E-state index contributed by atoms with van der Waals surface area (Å²) in [6.45, 7) is 2.18. The molecule has 7 heteroatoms. The zero-order valence-corrected chi connectivity index (χ0v) is 13.1. The highest BCUT2D eigenvalue weighted by molar-refractivity contribution is 5.94. The van der Waals surface area contributed by atoms with Gasteiger partial charge in [0.05, 0.1) is 55.6 Å². The van der Waals surface area contributed by atoms with Crippen molar-refractivity contribution in [1.82, 2.24) is 20.1 Å². The van der Waals surface area contributed by atoms with Crippen molar-refractivity contribution in [3.8, 4) is 0 Å². The van der Waals surface area contributed by atoms with Crippen LogP contribution in [-0.2, 0) is 16.1 Å². The number of ether oxygens (including phenoxy) is 2. The number of pyridine rings is 1. The third kappa shape index (κ3) is 2.88. The van der Waals surface area contributed by atoms with Crippen molar-refractivity contribution in [3.63, 3.8) is 0 Å². The van der Waals surface area contributed by atoms with E-state index in [0.717, 1.165) is 5.69 Å². The van der Waals surface area contributed by atoms with Gasteiger partial charge in [0.15, 0.2) is 0 Å². The van der Waals surface area contributed by atoms with Crippen molar-refractivity contribution >= 4 is 5.91 Å². The molecule has 2 fully saturated rings. The van der Waals surface area contributed by atoms with Crippen LogP contribution in [0.2, 0.25) is 0 Å². The number of hydrogen-bond acceptors (Lipinski definition) is 6. The molecule has 4 rings (SSSR count). The summed E-state index contributed by atoms with van der Waals surface area (Å²) >= 11 is 0. The van der Waals surface area contributed by atoms with Gasteiger partial charge in [0.25, 0.3) is 5.91 Å². The number of hydrogen-bond donors (Lipinski definition) is 0. The zero-order valence-electron chi connectivity index (χ0n) is 13.1. The average Bonchev–Trinajstić information content (AvgIpc) is 3.24. The highest BCUT2D eigenvalue weighted by atomic mass is 16.5. The molecule has 2 saturated heterocycles. The van der Waals surface area contributed by atoms with E-state index in [-0.39, 0.29) is 24.0 Å². The predicted molar refractivity (Wildman–Crippen MR) is 84.0 cm³/mol. The Bertz CT molecular complexity index is 697. The number of carbonyl (C=O) groups is 1. The molecule has 2 aromatic heterocycles. The van der Waals surface area contributed by atoms with E-state index in [4.69, 9.17) is 9.47 Å². The molecule has 0 radical (unpaired) electrons. The SMILES string of the molecule is O=C(c1ccnnc1)N1C[C@@H](OCc2ccccn2)[C@@H]2COC[C@@H]21.